The van der Waals surface area contributed by atoms with Crippen LogP contribution in [0.2, 0.25) is 5.02 Å². The summed E-state index contributed by atoms with van der Waals surface area (Å²) >= 11 is 5.97. The number of hydrogen-bond acceptors (Lipinski definition) is 4. The maximum absolute atomic E-state index is 14.4. The lowest BCUT2D eigenvalue weighted by molar-refractivity contribution is 0.0941. The summed E-state index contributed by atoms with van der Waals surface area (Å²) in [7, 11) is -3.75. The van der Waals surface area contributed by atoms with Crippen molar-refractivity contribution in [2.24, 2.45) is 5.92 Å². The first-order chi connectivity index (χ1) is 13.7. The molecule has 156 valence electrons. The maximum Gasteiger partial charge on any atom is 0.269 e. The summed E-state index contributed by atoms with van der Waals surface area (Å²) in [5.74, 6) is -1.97. The molecular weight excluding hydrogens is 417 g/mol. The minimum atomic E-state index is -3.75. The molecule has 1 atom stereocenters. The number of hydrogen-bond donors (Lipinski definition) is 3. The van der Waals surface area contributed by atoms with Crippen molar-refractivity contribution < 1.29 is 17.6 Å². The van der Waals surface area contributed by atoms with Gasteiger partial charge in [-0.3, -0.25) is 10.2 Å². The Hall–Kier alpha value is -2.00. The van der Waals surface area contributed by atoms with Gasteiger partial charge in [0, 0.05) is 0 Å². The number of piperidine rings is 1. The van der Waals surface area contributed by atoms with Gasteiger partial charge in [-0.05, 0) is 62.0 Å². The van der Waals surface area contributed by atoms with Crippen molar-refractivity contribution in [2.45, 2.75) is 19.8 Å². The van der Waals surface area contributed by atoms with Crippen LogP contribution in [0.5, 0.6) is 0 Å². The number of hydrazine groups is 1. The van der Waals surface area contributed by atoms with Crippen molar-refractivity contribution in [1.82, 2.24) is 15.6 Å². The van der Waals surface area contributed by atoms with Crippen molar-refractivity contribution in [2.75, 3.05) is 18.8 Å². The van der Waals surface area contributed by atoms with Crippen molar-refractivity contribution in [1.29, 1.82) is 0 Å². The molecule has 1 saturated heterocycles. The van der Waals surface area contributed by atoms with E-state index >= 15 is 0 Å². The van der Waals surface area contributed by atoms with Crippen LogP contribution in [0.4, 0.5) is 4.39 Å². The highest BCUT2D eigenvalue weighted by atomic mass is 35.5. The standard InChI is InChI=1S/C20H23ClFN3O3S/c1-13-4-2-6-15(8-13)16-9-17(19(22)18(21)10-16)20(26)24-25-29(27,28)12-14-5-3-7-23-11-14/h2,4,6,8-10,14,23,25H,3,5,7,11-12H2,1H3,(H,24,26)/t14-/m1/s1. The van der Waals surface area contributed by atoms with Crippen molar-refractivity contribution in [3.63, 3.8) is 0 Å². The highest BCUT2D eigenvalue weighted by Crippen LogP contribution is 2.28. The van der Waals surface area contributed by atoms with Crippen molar-refractivity contribution >= 4 is 27.5 Å². The lowest BCUT2D eigenvalue weighted by Crippen LogP contribution is -2.45. The smallest absolute Gasteiger partial charge is 0.269 e. The Morgan fingerprint density at radius 1 is 1.28 bits per heavy atom. The van der Waals surface area contributed by atoms with Crippen LogP contribution < -0.4 is 15.6 Å². The average molecular weight is 440 g/mol. The molecule has 9 heteroatoms. The number of carbonyl (C=O) groups excluding carboxylic acids is 1. The number of carbonyl (C=O) groups is 1. The number of benzene rings is 2. The van der Waals surface area contributed by atoms with Gasteiger partial charge in [-0.25, -0.2) is 12.8 Å². The van der Waals surface area contributed by atoms with Gasteiger partial charge >= 0.3 is 0 Å². The third kappa shape index (κ3) is 5.76. The molecule has 0 aromatic heterocycles. The topological polar surface area (TPSA) is 87.3 Å². The fourth-order valence-electron chi connectivity index (χ4n) is 3.36. The van der Waals surface area contributed by atoms with E-state index in [1.807, 2.05) is 31.2 Å². The minimum absolute atomic E-state index is 0.0334. The molecule has 1 aliphatic rings. The van der Waals surface area contributed by atoms with E-state index in [0.717, 1.165) is 30.5 Å². The molecular formula is C20H23ClFN3O3S. The van der Waals surface area contributed by atoms with Gasteiger partial charge in [0.25, 0.3) is 5.91 Å². The second-order valence-electron chi connectivity index (χ2n) is 7.24. The lowest BCUT2D eigenvalue weighted by atomic mass is 10.0. The van der Waals surface area contributed by atoms with E-state index in [4.69, 9.17) is 11.6 Å². The average Bonchev–Trinajstić information content (AvgIpc) is 2.68. The SMILES string of the molecule is Cc1cccc(-c2cc(Cl)c(F)c(C(=O)NNS(=O)(=O)C[C@@H]3CCCNC3)c2)c1. The van der Waals surface area contributed by atoms with E-state index in [1.165, 1.54) is 12.1 Å². The van der Waals surface area contributed by atoms with Crippen molar-refractivity contribution in [3.8, 4) is 11.1 Å². The first kappa shape index (κ1) is 21.7. The predicted molar refractivity (Wildman–Crippen MR) is 112 cm³/mol. The summed E-state index contributed by atoms with van der Waals surface area (Å²) in [6.07, 6.45) is 1.70. The number of halogens is 2. The van der Waals surface area contributed by atoms with Gasteiger partial charge in [0.2, 0.25) is 10.0 Å². The molecule has 1 amide bonds. The summed E-state index contributed by atoms with van der Waals surface area (Å²) in [5.41, 5.74) is 4.08. The zero-order valence-electron chi connectivity index (χ0n) is 16.0. The van der Waals surface area contributed by atoms with E-state index in [-0.39, 0.29) is 22.3 Å². The van der Waals surface area contributed by atoms with Crippen LogP contribution in [0.25, 0.3) is 11.1 Å². The molecule has 1 aliphatic heterocycles. The molecule has 3 N–H and O–H groups in total. The number of amides is 1. The normalized spacial score (nSPS) is 17.1. The van der Waals surface area contributed by atoms with Gasteiger partial charge in [-0.15, -0.1) is 4.83 Å². The van der Waals surface area contributed by atoms with Crippen LogP contribution in [0.3, 0.4) is 0 Å². The highest BCUT2D eigenvalue weighted by Gasteiger charge is 2.23. The van der Waals surface area contributed by atoms with Crippen LogP contribution >= 0.6 is 11.6 Å². The van der Waals surface area contributed by atoms with Gasteiger partial charge in [0.1, 0.15) is 0 Å². The monoisotopic (exact) mass is 439 g/mol. The first-order valence-electron chi connectivity index (χ1n) is 9.32. The molecule has 29 heavy (non-hydrogen) atoms. The second kappa shape index (κ2) is 9.21. The highest BCUT2D eigenvalue weighted by molar-refractivity contribution is 7.89. The van der Waals surface area contributed by atoms with Crippen LogP contribution in [-0.4, -0.2) is 33.2 Å². The molecule has 0 aliphatic carbocycles. The Balaban J connectivity index is 1.74. The van der Waals surface area contributed by atoms with Gasteiger partial charge in [0.15, 0.2) is 5.82 Å². The van der Waals surface area contributed by atoms with Crippen LogP contribution in [0, 0.1) is 18.7 Å². The summed E-state index contributed by atoms with van der Waals surface area (Å²) in [6, 6.07) is 10.2. The molecule has 1 heterocycles. The summed E-state index contributed by atoms with van der Waals surface area (Å²) < 4.78 is 38.9. The first-order valence-corrected chi connectivity index (χ1v) is 11.3. The van der Waals surface area contributed by atoms with Gasteiger partial charge in [-0.1, -0.05) is 41.4 Å². The van der Waals surface area contributed by atoms with Gasteiger partial charge in [0.05, 0.1) is 16.3 Å². The molecule has 0 spiro atoms. The third-order valence-electron chi connectivity index (χ3n) is 4.80. The molecule has 1 fully saturated rings. The zero-order valence-corrected chi connectivity index (χ0v) is 17.5. The largest absolute Gasteiger partial charge is 0.316 e. The minimum Gasteiger partial charge on any atom is -0.316 e. The van der Waals surface area contributed by atoms with E-state index < -0.39 is 21.7 Å². The Bertz CT molecular complexity index is 1010. The Morgan fingerprint density at radius 2 is 2.07 bits per heavy atom. The Morgan fingerprint density at radius 3 is 2.76 bits per heavy atom. The predicted octanol–water partition coefficient (Wildman–Crippen LogP) is 3.02. The molecule has 3 rings (SSSR count). The Labute approximate surface area is 174 Å². The van der Waals surface area contributed by atoms with Gasteiger partial charge < -0.3 is 5.32 Å². The lowest BCUT2D eigenvalue weighted by Gasteiger charge is -2.22. The Kier molecular flexibility index (Phi) is 6.89. The maximum atomic E-state index is 14.4. The third-order valence-corrected chi connectivity index (χ3v) is 6.40. The number of nitrogens with one attached hydrogen (secondary N) is 3. The van der Waals surface area contributed by atoms with E-state index in [0.29, 0.717) is 12.1 Å². The quantitative estimate of drug-likeness (QED) is 0.604. The molecule has 0 unspecified atom stereocenters. The van der Waals surface area contributed by atoms with Crippen molar-refractivity contribution in [3.05, 3.63) is 58.4 Å². The van der Waals surface area contributed by atoms with E-state index in [1.54, 1.807) is 0 Å². The zero-order chi connectivity index (χ0) is 21.0. The molecule has 2 aromatic rings. The fraction of sp³-hybridized carbons (Fsp3) is 0.350. The van der Waals surface area contributed by atoms with E-state index in [2.05, 4.69) is 15.6 Å². The molecule has 2 aromatic carbocycles. The number of aryl methyl sites for hydroxylation is 1. The van der Waals surface area contributed by atoms with E-state index in [9.17, 15) is 17.6 Å². The summed E-state index contributed by atoms with van der Waals surface area (Å²) in [5, 5.41) is 2.93. The number of sulfonamides is 1. The molecule has 0 bridgehead atoms. The van der Waals surface area contributed by atoms with Crippen LogP contribution in [0.1, 0.15) is 28.8 Å². The summed E-state index contributed by atoms with van der Waals surface area (Å²) in [6.45, 7) is 3.40. The fourth-order valence-corrected chi connectivity index (χ4v) is 4.81. The molecule has 0 radical (unpaired) electrons. The number of rotatable bonds is 6. The van der Waals surface area contributed by atoms with Gasteiger partial charge in [-0.2, -0.15) is 0 Å². The molecule has 0 saturated carbocycles. The second-order valence-corrected chi connectivity index (χ2v) is 9.41. The van der Waals surface area contributed by atoms with Crippen LogP contribution in [0.15, 0.2) is 36.4 Å². The summed E-state index contributed by atoms with van der Waals surface area (Å²) in [4.78, 5) is 14.5. The molecule has 6 nitrogen and oxygen atoms in total. The van der Waals surface area contributed by atoms with Crippen LogP contribution in [-0.2, 0) is 10.0 Å².